The van der Waals surface area contributed by atoms with Gasteiger partial charge in [-0.15, -0.1) is 13.2 Å². The molecule has 0 aliphatic rings. The summed E-state index contributed by atoms with van der Waals surface area (Å²) in [7, 11) is 0. The molecule has 8 nitrogen and oxygen atoms in total. The summed E-state index contributed by atoms with van der Waals surface area (Å²) >= 11 is 0. The van der Waals surface area contributed by atoms with E-state index in [9.17, 15) is 22.8 Å². The minimum Gasteiger partial charge on any atom is -0.489 e. The zero-order valence-corrected chi connectivity index (χ0v) is 18.3. The van der Waals surface area contributed by atoms with E-state index in [2.05, 4.69) is 25.6 Å². The summed E-state index contributed by atoms with van der Waals surface area (Å²) in [5.41, 5.74) is 2.12. The Balaban J connectivity index is 1.38. The minimum atomic E-state index is -4.77. The quantitative estimate of drug-likeness (QED) is 0.284. The Hall–Kier alpha value is -4.54. The van der Waals surface area contributed by atoms with Crippen molar-refractivity contribution in [1.82, 2.24) is 10.2 Å². The average Bonchev–Trinajstić information content (AvgIpc) is 3.19. The first-order valence-corrected chi connectivity index (χ1v) is 10.3. The van der Waals surface area contributed by atoms with Crippen molar-refractivity contribution >= 4 is 34.2 Å². The number of amides is 2. The van der Waals surface area contributed by atoms with Crippen LogP contribution >= 0.6 is 0 Å². The van der Waals surface area contributed by atoms with E-state index in [0.717, 1.165) is 0 Å². The second-order valence-electron chi connectivity index (χ2n) is 7.48. The molecule has 35 heavy (non-hydrogen) atoms. The number of aromatic nitrogens is 2. The Kier molecular flexibility index (Phi) is 6.58. The predicted molar refractivity (Wildman–Crippen MR) is 123 cm³/mol. The molecule has 11 heteroatoms. The number of fused-ring (bicyclic) bond motifs is 1. The van der Waals surface area contributed by atoms with E-state index < -0.39 is 12.4 Å². The van der Waals surface area contributed by atoms with Crippen molar-refractivity contribution in [2.45, 2.75) is 19.9 Å². The van der Waals surface area contributed by atoms with Crippen molar-refractivity contribution < 1.29 is 32.2 Å². The maximum absolute atomic E-state index is 12.4. The van der Waals surface area contributed by atoms with E-state index in [4.69, 9.17) is 4.74 Å². The van der Waals surface area contributed by atoms with Crippen molar-refractivity contribution in [3.05, 3.63) is 77.9 Å². The molecule has 2 amide bonds. The summed E-state index contributed by atoms with van der Waals surface area (Å²) in [5.74, 6) is 0.342. The predicted octanol–water partition coefficient (Wildman–Crippen LogP) is 5.89. The van der Waals surface area contributed by atoms with Gasteiger partial charge in [0, 0.05) is 22.7 Å². The smallest absolute Gasteiger partial charge is 0.489 e. The Morgan fingerprint density at radius 3 is 2.46 bits per heavy atom. The molecule has 180 valence electrons. The van der Waals surface area contributed by atoms with Crippen LogP contribution in [-0.2, 0) is 6.61 Å². The average molecular weight is 484 g/mol. The molecule has 1 heterocycles. The second kappa shape index (κ2) is 9.75. The molecule has 0 saturated heterocycles. The lowest BCUT2D eigenvalue weighted by molar-refractivity contribution is -0.274. The number of carbonyl (C=O) groups is 2. The summed E-state index contributed by atoms with van der Waals surface area (Å²) in [6.45, 7) is 1.48. The largest absolute Gasteiger partial charge is 0.573 e. The van der Waals surface area contributed by atoms with Crippen LogP contribution in [0.3, 0.4) is 0 Å². The zero-order valence-electron chi connectivity index (χ0n) is 18.3. The summed E-state index contributed by atoms with van der Waals surface area (Å²) in [4.78, 5) is 23.7. The van der Waals surface area contributed by atoms with Gasteiger partial charge in [-0.1, -0.05) is 12.1 Å². The number of rotatable bonds is 7. The Labute approximate surface area is 197 Å². The molecule has 0 aliphatic carbocycles. The van der Waals surface area contributed by atoms with Crippen LogP contribution < -0.4 is 20.1 Å². The topological polar surface area (TPSA) is 105 Å². The molecule has 0 atom stereocenters. The standard InChI is InChI=1S/C24H19F3N4O4/c1-14(32)16-5-7-17(8-6-16)28-23(33)29-22-20-10-9-18(12-21(20)30-31-22)34-13-15-3-2-4-19(11-15)35-24(25,26)27/h2-12H,13H2,1H3,(H3,28,29,30,31,33). The number of ketones is 1. The SMILES string of the molecule is CC(=O)c1ccc(NC(=O)Nc2n[nH]c3cc(OCc4cccc(OC(F)(F)F)c4)ccc23)cc1. The Morgan fingerprint density at radius 1 is 0.971 bits per heavy atom. The lowest BCUT2D eigenvalue weighted by atomic mass is 10.1. The van der Waals surface area contributed by atoms with Crippen LogP contribution in [0.1, 0.15) is 22.8 Å². The first-order chi connectivity index (χ1) is 16.7. The lowest BCUT2D eigenvalue weighted by Crippen LogP contribution is -2.19. The van der Waals surface area contributed by atoms with Gasteiger partial charge in [0.2, 0.25) is 0 Å². The Morgan fingerprint density at radius 2 is 1.74 bits per heavy atom. The number of benzene rings is 3. The molecule has 0 unspecified atom stereocenters. The number of ether oxygens (including phenoxy) is 2. The van der Waals surface area contributed by atoms with E-state index in [1.807, 2.05) is 0 Å². The first-order valence-electron chi connectivity index (χ1n) is 10.3. The third kappa shape index (κ3) is 6.28. The number of nitrogens with zero attached hydrogens (tertiary/aromatic N) is 1. The van der Waals surface area contributed by atoms with Gasteiger partial charge >= 0.3 is 12.4 Å². The van der Waals surface area contributed by atoms with E-state index in [0.29, 0.717) is 39.3 Å². The Bertz CT molecular complexity index is 1370. The fourth-order valence-corrected chi connectivity index (χ4v) is 3.24. The number of nitrogens with one attached hydrogen (secondary N) is 3. The number of hydrogen-bond acceptors (Lipinski definition) is 5. The van der Waals surface area contributed by atoms with Gasteiger partial charge in [-0.2, -0.15) is 5.10 Å². The summed E-state index contributed by atoms with van der Waals surface area (Å²) in [5, 5.41) is 12.8. The molecule has 0 aliphatic heterocycles. The third-order valence-electron chi connectivity index (χ3n) is 4.85. The number of urea groups is 1. The molecule has 4 rings (SSSR count). The minimum absolute atomic E-state index is 0.0185. The van der Waals surface area contributed by atoms with Crippen molar-refractivity contribution in [1.29, 1.82) is 0 Å². The number of aromatic amines is 1. The van der Waals surface area contributed by atoms with Gasteiger partial charge < -0.3 is 14.8 Å². The number of anilines is 2. The highest BCUT2D eigenvalue weighted by Gasteiger charge is 2.31. The molecule has 4 aromatic rings. The van der Waals surface area contributed by atoms with Crippen LogP contribution in [0.25, 0.3) is 10.9 Å². The number of halogens is 3. The monoisotopic (exact) mass is 484 g/mol. The molecular weight excluding hydrogens is 465 g/mol. The van der Waals surface area contributed by atoms with E-state index >= 15 is 0 Å². The van der Waals surface area contributed by atoms with Gasteiger partial charge in [0.05, 0.1) is 5.52 Å². The number of H-pyrrole nitrogens is 1. The zero-order chi connectivity index (χ0) is 25.0. The van der Waals surface area contributed by atoms with Crippen molar-refractivity contribution in [2.24, 2.45) is 0 Å². The van der Waals surface area contributed by atoms with Gasteiger partial charge in [-0.3, -0.25) is 15.2 Å². The highest BCUT2D eigenvalue weighted by atomic mass is 19.4. The molecule has 1 aromatic heterocycles. The highest BCUT2D eigenvalue weighted by Crippen LogP contribution is 2.27. The highest BCUT2D eigenvalue weighted by molar-refractivity contribution is 6.05. The van der Waals surface area contributed by atoms with Crippen molar-refractivity contribution in [3.63, 3.8) is 0 Å². The molecular formula is C24H19F3N4O4. The van der Waals surface area contributed by atoms with Crippen LogP contribution in [0, 0.1) is 0 Å². The summed E-state index contributed by atoms with van der Waals surface area (Å²) in [6, 6.07) is 16.5. The molecule has 0 fully saturated rings. The maximum atomic E-state index is 12.4. The van der Waals surface area contributed by atoms with Crippen molar-refractivity contribution in [2.75, 3.05) is 10.6 Å². The summed E-state index contributed by atoms with van der Waals surface area (Å²) < 4.78 is 46.8. The van der Waals surface area contributed by atoms with Crippen molar-refractivity contribution in [3.8, 4) is 11.5 Å². The maximum Gasteiger partial charge on any atom is 0.573 e. The van der Waals surface area contributed by atoms with E-state index in [1.165, 1.54) is 25.1 Å². The number of Topliss-reactive ketones (excluding diaryl/α,β-unsaturated/α-hetero) is 1. The molecule has 0 radical (unpaired) electrons. The van der Waals surface area contributed by atoms with Gasteiger partial charge in [0.25, 0.3) is 0 Å². The van der Waals surface area contributed by atoms with E-state index in [-0.39, 0.29) is 18.1 Å². The summed E-state index contributed by atoms with van der Waals surface area (Å²) in [6.07, 6.45) is -4.77. The third-order valence-corrected chi connectivity index (χ3v) is 4.85. The van der Waals surface area contributed by atoms with Gasteiger partial charge in [-0.05, 0) is 61.0 Å². The van der Waals surface area contributed by atoms with E-state index in [1.54, 1.807) is 48.5 Å². The fourth-order valence-electron chi connectivity index (χ4n) is 3.24. The van der Waals surface area contributed by atoms with Crippen LogP contribution in [0.2, 0.25) is 0 Å². The van der Waals surface area contributed by atoms with Crippen LogP contribution in [-0.4, -0.2) is 28.4 Å². The van der Waals surface area contributed by atoms with Crippen LogP contribution in [0.15, 0.2) is 66.7 Å². The second-order valence-corrected chi connectivity index (χ2v) is 7.48. The molecule has 0 saturated carbocycles. The number of alkyl halides is 3. The fraction of sp³-hybridized carbons (Fsp3) is 0.125. The van der Waals surface area contributed by atoms with Gasteiger partial charge in [0.1, 0.15) is 18.1 Å². The van der Waals surface area contributed by atoms with Gasteiger partial charge in [0.15, 0.2) is 11.6 Å². The molecule has 0 spiro atoms. The number of carbonyl (C=O) groups excluding carboxylic acids is 2. The van der Waals surface area contributed by atoms with Crippen LogP contribution in [0.4, 0.5) is 29.5 Å². The molecule has 0 bridgehead atoms. The normalized spacial score (nSPS) is 11.2. The molecule has 3 aromatic carbocycles. The first kappa shape index (κ1) is 23.6. The lowest BCUT2D eigenvalue weighted by Gasteiger charge is -2.11. The van der Waals surface area contributed by atoms with Crippen LogP contribution in [0.5, 0.6) is 11.5 Å². The molecule has 3 N–H and O–H groups in total. The number of hydrogen-bond donors (Lipinski definition) is 3. The van der Waals surface area contributed by atoms with Gasteiger partial charge in [-0.25, -0.2) is 4.79 Å².